The molecule has 0 aromatic carbocycles. The van der Waals surface area contributed by atoms with E-state index in [-0.39, 0.29) is 0 Å². The van der Waals surface area contributed by atoms with Gasteiger partial charge in [0.2, 0.25) is 0 Å². The van der Waals surface area contributed by atoms with Gasteiger partial charge < -0.3 is 9.80 Å². The predicted octanol–water partition coefficient (Wildman–Crippen LogP) is 2.36. The number of hydrogen-bond acceptors (Lipinski definition) is 3. The molecule has 1 aliphatic heterocycles. The van der Waals surface area contributed by atoms with Gasteiger partial charge in [-0.1, -0.05) is 28.9 Å². The highest BCUT2D eigenvalue weighted by Gasteiger charge is 2.32. The lowest BCUT2D eigenvalue weighted by Gasteiger charge is -2.23. The Hall–Kier alpha value is -0.610. The van der Waals surface area contributed by atoms with E-state index in [1.165, 1.54) is 5.56 Å². The maximum atomic E-state index is 4.54. The Balaban J connectivity index is 2.19. The van der Waals surface area contributed by atoms with Crippen molar-refractivity contribution in [2.75, 3.05) is 32.1 Å². The second-order valence-corrected chi connectivity index (χ2v) is 5.59. The lowest BCUT2D eigenvalue weighted by molar-refractivity contribution is 0.266. The molecule has 1 aliphatic rings. The van der Waals surface area contributed by atoms with Gasteiger partial charge in [-0.3, -0.25) is 0 Å². The van der Waals surface area contributed by atoms with Crippen molar-refractivity contribution in [2.24, 2.45) is 5.92 Å². The van der Waals surface area contributed by atoms with Crippen molar-refractivity contribution in [3.05, 3.63) is 23.9 Å². The molecule has 0 N–H and O–H groups in total. The number of aromatic nitrogens is 1. The summed E-state index contributed by atoms with van der Waals surface area (Å²) >= 11 is 3.54. The Labute approximate surface area is 112 Å². The van der Waals surface area contributed by atoms with Crippen molar-refractivity contribution in [1.29, 1.82) is 0 Å². The average Bonchev–Trinajstić information content (AvgIpc) is 2.71. The first-order valence-electron chi connectivity index (χ1n) is 6.04. The molecule has 0 radical (unpaired) electrons. The van der Waals surface area contributed by atoms with E-state index in [0.717, 1.165) is 24.2 Å². The Bertz CT molecular complexity index is 381. The SMILES string of the molecule is CC1CN(c2ncccc2CBr)CC1N(C)C. The van der Waals surface area contributed by atoms with Gasteiger partial charge in [0.25, 0.3) is 0 Å². The van der Waals surface area contributed by atoms with Crippen molar-refractivity contribution < 1.29 is 0 Å². The maximum absolute atomic E-state index is 4.54. The molecule has 0 spiro atoms. The van der Waals surface area contributed by atoms with Gasteiger partial charge in [0, 0.05) is 36.2 Å². The minimum Gasteiger partial charge on any atom is -0.354 e. The molecule has 2 atom stereocenters. The van der Waals surface area contributed by atoms with Crippen LogP contribution in [0.5, 0.6) is 0 Å². The molecule has 2 rings (SSSR count). The Morgan fingerprint density at radius 3 is 2.82 bits per heavy atom. The summed E-state index contributed by atoms with van der Waals surface area (Å²) in [5, 5.41) is 0.869. The molecule has 1 fully saturated rings. The normalized spacial score (nSPS) is 24.6. The monoisotopic (exact) mass is 297 g/mol. The predicted molar refractivity (Wildman–Crippen MR) is 75.7 cm³/mol. The van der Waals surface area contributed by atoms with E-state index in [0.29, 0.717) is 12.0 Å². The molecule has 0 saturated carbocycles. The van der Waals surface area contributed by atoms with Crippen molar-refractivity contribution in [3.8, 4) is 0 Å². The van der Waals surface area contributed by atoms with Crippen molar-refractivity contribution in [3.63, 3.8) is 0 Å². The van der Waals surface area contributed by atoms with Crippen LogP contribution in [0.25, 0.3) is 0 Å². The lowest BCUT2D eigenvalue weighted by Crippen LogP contribution is -2.34. The fourth-order valence-corrected chi connectivity index (χ4v) is 3.05. The zero-order valence-corrected chi connectivity index (χ0v) is 12.3. The average molecular weight is 298 g/mol. The number of pyridine rings is 1. The van der Waals surface area contributed by atoms with Gasteiger partial charge in [0.05, 0.1) is 0 Å². The van der Waals surface area contributed by atoms with E-state index in [4.69, 9.17) is 0 Å². The minimum absolute atomic E-state index is 0.625. The molecule has 1 aromatic rings. The molecule has 1 aromatic heterocycles. The lowest BCUT2D eigenvalue weighted by atomic mass is 10.1. The van der Waals surface area contributed by atoms with Crippen LogP contribution in [0.15, 0.2) is 18.3 Å². The van der Waals surface area contributed by atoms with Crippen LogP contribution >= 0.6 is 15.9 Å². The van der Waals surface area contributed by atoms with E-state index < -0.39 is 0 Å². The zero-order chi connectivity index (χ0) is 12.4. The summed E-state index contributed by atoms with van der Waals surface area (Å²) in [6, 6.07) is 4.77. The van der Waals surface area contributed by atoms with Gasteiger partial charge >= 0.3 is 0 Å². The second kappa shape index (κ2) is 5.36. The molecule has 2 unspecified atom stereocenters. The number of hydrogen-bond donors (Lipinski definition) is 0. The molecule has 1 saturated heterocycles. The Morgan fingerprint density at radius 1 is 1.47 bits per heavy atom. The molecule has 0 bridgehead atoms. The smallest absolute Gasteiger partial charge is 0.132 e. The highest BCUT2D eigenvalue weighted by molar-refractivity contribution is 9.08. The van der Waals surface area contributed by atoms with Gasteiger partial charge in [-0.15, -0.1) is 0 Å². The molecule has 17 heavy (non-hydrogen) atoms. The first-order chi connectivity index (χ1) is 8.13. The van der Waals surface area contributed by atoms with E-state index in [2.05, 4.69) is 57.8 Å². The van der Waals surface area contributed by atoms with Crippen molar-refractivity contribution in [2.45, 2.75) is 18.3 Å². The zero-order valence-electron chi connectivity index (χ0n) is 10.7. The van der Waals surface area contributed by atoms with Gasteiger partial charge in [0.15, 0.2) is 0 Å². The standard InChI is InChI=1S/C13H20BrN3/c1-10-8-17(9-12(10)16(2)3)13-11(7-14)5-4-6-15-13/h4-6,10,12H,7-9H2,1-3H3. The molecular formula is C13H20BrN3. The van der Waals surface area contributed by atoms with Gasteiger partial charge in [-0.05, 0) is 26.1 Å². The summed E-state index contributed by atoms with van der Waals surface area (Å²) in [5.74, 6) is 1.83. The number of likely N-dealkylation sites (N-methyl/N-ethyl adjacent to an activating group) is 1. The Kier molecular flexibility index (Phi) is 4.05. The largest absolute Gasteiger partial charge is 0.354 e. The van der Waals surface area contributed by atoms with Crippen LogP contribution in [0.4, 0.5) is 5.82 Å². The second-order valence-electron chi connectivity index (χ2n) is 5.03. The third-order valence-corrected chi connectivity index (χ3v) is 4.15. The summed E-state index contributed by atoms with van der Waals surface area (Å²) in [5.41, 5.74) is 1.28. The first-order valence-corrected chi connectivity index (χ1v) is 7.17. The van der Waals surface area contributed by atoms with Crippen LogP contribution in [0, 0.1) is 5.92 Å². The Morgan fingerprint density at radius 2 is 2.24 bits per heavy atom. The number of alkyl halides is 1. The molecule has 0 aliphatic carbocycles. The molecule has 94 valence electrons. The molecular weight excluding hydrogens is 278 g/mol. The summed E-state index contributed by atoms with van der Waals surface area (Å²) in [6.07, 6.45) is 1.88. The summed E-state index contributed by atoms with van der Waals surface area (Å²) in [4.78, 5) is 9.27. The van der Waals surface area contributed by atoms with Crippen molar-refractivity contribution in [1.82, 2.24) is 9.88 Å². The fourth-order valence-electron chi connectivity index (χ4n) is 2.61. The summed E-state index contributed by atoms with van der Waals surface area (Å²) < 4.78 is 0. The van der Waals surface area contributed by atoms with Gasteiger partial charge in [-0.25, -0.2) is 4.98 Å². The van der Waals surface area contributed by atoms with Crippen molar-refractivity contribution >= 4 is 21.7 Å². The summed E-state index contributed by atoms with van der Waals surface area (Å²) in [6.45, 7) is 4.49. The summed E-state index contributed by atoms with van der Waals surface area (Å²) in [7, 11) is 4.32. The van der Waals surface area contributed by atoms with Crippen LogP contribution < -0.4 is 4.90 Å². The fraction of sp³-hybridized carbons (Fsp3) is 0.615. The quantitative estimate of drug-likeness (QED) is 0.799. The van der Waals surface area contributed by atoms with Crippen LogP contribution in [0.1, 0.15) is 12.5 Å². The van der Waals surface area contributed by atoms with Crippen LogP contribution in [0.3, 0.4) is 0 Å². The highest BCUT2D eigenvalue weighted by Crippen LogP contribution is 2.27. The third-order valence-electron chi connectivity index (χ3n) is 3.55. The van der Waals surface area contributed by atoms with Gasteiger partial charge in [0.1, 0.15) is 5.82 Å². The third kappa shape index (κ3) is 2.63. The highest BCUT2D eigenvalue weighted by atomic mass is 79.9. The number of anilines is 1. The van der Waals surface area contributed by atoms with Crippen LogP contribution in [-0.4, -0.2) is 43.1 Å². The molecule has 0 amide bonds. The van der Waals surface area contributed by atoms with E-state index in [1.54, 1.807) is 0 Å². The van der Waals surface area contributed by atoms with Gasteiger partial charge in [-0.2, -0.15) is 0 Å². The maximum Gasteiger partial charge on any atom is 0.132 e. The molecule has 2 heterocycles. The first kappa shape index (κ1) is 12.8. The minimum atomic E-state index is 0.625. The van der Waals surface area contributed by atoms with Crippen LogP contribution in [0.2, 0.25) is 0 Å². The number of halogens is 1. The van der Waals surface area contributed by atoms with Crippen LogP contribution in [-0.2, 0) is 5.33 Å². The topological polar surface area (TPSA) is 19.4 Å². The van der Waals surface area contributed by atoms with E-state index in [1.807, 2.05) is 12.3 Å². The van der Waals surface area contributed by atoms with E-state index in [9.17, 15) is 0 Å². The van der Waals surface area contributed by atoms with E-state index >= 15 is 0 Å². The molecule has 4 heteroatoms. The number of nitrogens with zero attached hydrogens (tertiary/aromatic N) is 3. The number of rotatable bonds is 3. The molecule has 3 nitrogen and oxygen atoms in total.